The van der Waals surface area contributed by atoms with E-state index in [1.165, 1.54) is 0 Å². The Morgan fingerprint density at radius 3 is 2.47 bits per heavy atom. The average Bonchev–Trinajstić information content (AvgIpc) is 3.37. The molecule has 0 heterocycles. The molecule has 0 spiro atoms. The number of hydrogen-bond donors (Lipinski definition) is 1. The summed E-state index contributed by atoms with van der Waals surface area (Å²) in [5, 5.41) is 5.29. The van der Waals surface area contributed by atoms with E-state index in [-0.39, 0.29) is 24.5 Å². The Morgan fingerprint density at radius 1 is 1.03 bits per heavy atom. The van der Waals surface area contributed by atoms with Crippen molar-refractivity contribution in [2.75, 3.05) is 6.61 Å². The molecule has 34 heavy (non-hydrogen) atoms. The van der Waals surface area contributed by atoms with Crippen molar-refractivity contribution in [1.82, 2.24) is 10.2 Å². The number of rotatable bonds is 9. The predicted molar refractivity (Wildman–Crippen MR) is 139 cm³/mol. The van der Waals surface area contributed by atoms with Crippen LogP contribution in [0.15, 0.2) is 71.2 Å². The van der Waals surface area contributed by atoms with Crippen LogP contribution >= 0.6 is 15.9 Å². The molecule has 6 heteroatoms. The lowest BCUT2D eigenvalue weighted by molar-refractivity contribution is -0.143. The number of benzene rings is 3. The van der Waals surface area contributed by atoms with E-state index in [0.29, 0.717) is 18.7 Å². The minimum Gasteiger partial charge on any atom is -0.483 e. The van der Waals surface area contributed by atoms with E-state index >= 15 is 0 Å². The van der Waals surface area contributed by atoms with Crippen molar-refractivity contribution < 1.29 is 14.3 Å². The maximum absolute atomic E-state index is 13.4. The van der Waals surface area contributed by atoms with Crippen molar-refractivity contribution in [3.63, 3.8) is 0 Å². The van der Waals surface area contributed by atoms with Crippen LogP contribution in [0.5, 0.6) is 5.75 Å². The van der Waals surface area contributed by atoms with Crippen molar-refractivity contribution in [3.8, 4) is 5.75 Å². The Labute approximate surface area is 209 Å². The first kappa shape index (κ1) is 24.3. The summed E-state index contributed by atoms with van der Waals surface area (Å²) in [7, 11) is 0. The molecule has 0 radical (unpaired) electrons. The SMILES string of the molecule is CC[C@H](C(=O)NC1CCCC1)N(Cc1ccccc1)C(=O)COc1ccc2ccccc2c1Br. The van der Waals surface area contributed by atoms with E-state index in [9.17, 15) is 9.59 Å². The van der Waals surface area contributed by atoms with Gasteiger partial charge in [-0.1, -0.05) is 80.4 Å². The van der Waals surface area contributed by atoms with Gasteiger partial charge in [-0.3, -0.25) is 9.59 Å². The fourth-order valence-electron chi connectivity index (χ4n) is 4.61. The number of hydrogen-bond acceptors (Lipinski definition) is 3. The molecule has 0 aromatic heterocycles. The molecule has 1 aliphatic carbocycles. The predicted octanol–water partition coefficient (Wildman–Crippen LogP) is 5.85. The molecule has 0 saturated heterocycles. The highest BCUT2D eigenvalue weighted by molar-refractivity contribution is 9.10. The number of fused-ring (bicyclic) bond motifs is 1. The largest absolute Gasteiger partial charge is 0.483 e. The highest BCUT2D eigenvalue weighted by atomic mass is 79.9. The van der Waals surface area contributed by atoms with Gasteiger partial charge in [0.1, 0.15) is 11.8 Å². The molecule has 178 valence electrons. The summed E-state index contributed by atoms with van der Waals surface area (Å²) in [4.78, 5) is 28.3. The smallest absolute Gasteiger partial charge is 0.261 e. The second kappa shape index (κ2) is 11.5. The zero-order valence-electron chi connectivity index (χ0n) is 19.5. The van der Waals surface area contributed by atoms with Gasteiger partial charge in [0.25, 0.3) is 5.91 Å². The summed E-state index contributed by atoms with van der Waals surface area (Å²) in [6.45, 7) is 2.17. The Kier molecular flexibility index (Phi) is 8.22. The molecule has 4 rings (SSSR count). The van der Waals surface area contributed by atoms with Crippen molar-refractivity contribution >= 4 is 38.5 Å². The fraction of sp³-hybridized carbons (Fsp3) is 0.357. The Bertz CT molecular complexity index is 1130. The van der Waals surface area contributed by atoms with Gasteiger partial charge >= 0.3 is 0 Å². The molecule has 3 aromatic rings. The molecule has 1 atom stereocenters. The molecule has 0 unspecified atom stereocenters. The Morgan fingerprint density at radius 2 is 1.74 bits per heavy atom. The van der Waals surface area contributed by atoms with E-state index in [0.717, 1.165) is 46.5 Å². The number of ether oxygens (including phenoxy) is 1. The summed E-state index contributed by atoms with van der Waals surface area (Å²) in [6.07, 6.45) is 4.84. The minimum atomic E-state index is -0.544. The number of halogens is 1. The fourth-order valence-corrected chi connectivity index (χ4v) is 5.22. The quantitative estimate of drug-likeness (QED) is 0.383. The summed E-state index contributed by atoms with van der Waals surface area (Å²) >= 11 is 3.62. The number of carbonyl (C=O) groups is 2. The van der Waals surface area contributed by atoms with E-state index in [1.807, 2.05) is 73.7 Å². The van der Waals surface area contributed by atoms with Gasteiger partial charge in [0.2, 0.25) is 5.91 Å². The van der Waals surface area contributed by atoms with Crippen molar-refractivity contribution in [3.05, 3.63) is 76.8 Å². The molecule has 1 aliphatic rings. The van der Waals surface area contributed by atoms with Gasteiger partial charge in [-0.15, -0.1) is 0 Å². The molecule has 1 saturated carbocycles. The first-order valence-electron chi connectivity index (χ1n) is 12.0. The molecular weight excluding hydrogens is 492 g/mol. The summed E-state index contributed by atoms with van der Waals surface area (Å²) < 4.78 is 6.78. The standard InChI is InChI=1S/C28H31BrN2O3/c1-2-24(28(33)30-22-13-7-8-14-22)31(18-20-10-4-3-5-11-20)26(32)19-34-25-17-16-21-12-6-9-15-23(21)27(25)29/h3-6,9-12,15-17,22,24H,2,7-8,13-14,18-19H2,1H3,(H,30,33)/t24-/m1/s1. The third kappa shape index (κ3) is 5.79. The normalized spacial score (nSPS) is 14.6. The zero-order chi connectivity index (χ0) is 23.9. The Balaban J connectivity index is 1.52. The van der Waals surface area contributed by atoms with E-state index in [4.69, 9.17) is 4.74 Å². The van der Waals surface area contributed by atoms with Crippen LogP contribution in [0, 0.1) is 0 Å². The van der Waals surface area contributed by atoms with Crippen molar-refractivity contribution in [2.45, 2.75) is 57.7 Å². The molecule has 3 aromatic carbocycles. The van der Waals surface area contributed by atoms with Gasteiger partial charge in [0, 0.05) is 12.6 Å². The van der Waals surface area contributed by atoms with Crippen LogP contribution < -0.4 is 10.1 Å². The molecule has 1 N–H and O–H groups in total. The number of carbonyl (C=O) groups excluding carboxylic acids is 2. The lowest BCUT2D eigenvalue weighted by Gasteiger charge is -2.31. The molecule has 0 aliphatic heterocycles. The topological polar surface area (TPSA) is 58.6 Å². The van der Waals surface area contributed by atoms with Crippen LogP contribution in [0.2, 0.25) is 0 Å². The minimum absolute atomic E-state index is 0.0782. The molecule has 2 amide bonds. The lowest BCUT2D eigenvalue weighted by Crippen LogP contribution is -2.52. The monoisotopic (exact) mass is 522 g/mol. The molecular formula is C28H31BrN2O3. The summed E-state index contributed by atoms with van der Waals surface area (Å²) in [6, 6.07) is 21.3. The van der Waals surface area contributed by atoms with Gasteiger partial charge in [0.05, 0.1) is 4.47 Å². The van der Waals surface area contributed by atoms with E-state index < -0.39 is 6.04 Å². The second-order valence-corrected chi connectivity index (χ2v) is 9.60. The van der Waals surface area contributed by atoms with Crippen LogP contribution in [-0.2, 0) is 16.1 Å². The van der Waals surface area contributed by atoms with E-state index in [2.05, 4.69) is 21.2 Å². The number of amides is 2. The zero-order valence-corrected chi connectivity index (χ0v) is 21.1. The Hall–Kier alpha value is -2.86. The first-order valence-corrected chi connectivity index (χ1v) is 12.8. The average molecular weight is 523 g/mol. The maximum atomic E-state index is 13.4. The highest BCUT2D eigenvalue weighted by Gasteiger charge is 2.31. The van der Waals surface area contributed by atoms with Crippen molar-refractivity contribution in [1.29, 1.82) is 0 Å². The molecule has 5 nitrogen and oxygen atoms in total. The van der Waals surface area contributed by atoms with Crippen LogP contribution in [-0.4, -0.2) is 35.4 Å². The number of nitrogens with one attached hydrogen (secondary N) is 1. The van der Waals surface area contributed by atoms with Gasteiger partial charge in [0.15, 0.2) is 6.61 Å². The molecule has 0 bridgehead atoms. The van der Waals surface area contributed by atoms with Crippen LogP contribution in [0.3, 0.4) is 0 Å². The van der Waals surface area contributed by atoms with Crippen LogP contribution in [0.1, 0.15) is 44.6 Å². The van der Waals surface area contributed by atoms with E-state index in [1.54, 1.807) is 4.90 Å². The van der Waals surface area contributed by atoms with Crippen LogP contribution in [0.25, 0.3) is 10.8 Å². The van der Waals surface area contributed by atoms with Gasteiger partial charge in [-0.2, -0.15) is 0 Å². The van der Waals surface area contributed by atoms with Gasteiger partial charge < -0.3 is 15.0 Å². The maximum Gasteiger partial charge on any atom is 0.261 e. The third-order valence-electron chi connectivity index (χ3n) is 6.46. The summed E-state index contributed by atoms with van der Waals surface area (Å²) in [5.74, 6) is 0.318. The lowest BCUT2D eigenvalue weighted by atomic mass is 10.1. The summed E-state index contributed by atoms with van der Waals surface area (Å²) in [5.41, 5.74) is 0.981. The molecule has 1 fully saturated rings. The van der Waals surface area contributed by atoms with Gasteiger partial charge in [-0.05, 0) is 57.6 Å². The second-order valence-electron chi connectivity index (χ2n) is 8.81. The highest BCUT2D eigenvalue weighted by Crippen LogP contribution is 2.33. The van der Waals surface area contributed by atoms with Crippen LogP contribution in [0.4, 0.5) is 0 Å². The first-order chi connectivity index (χ1) is 16.6. The number of nitrogens with zero attached hydrogens (tertiary/aromatic N) is 1. The third-order valence-corrected chi connectivity index (χ3v) is 7.28. The van der Waals surface area contributed by atoms with Crippen molar-refractivity contribution in [2.24, 2.45) is 0 Å². The van der Waals surface area contributed by atoms with Gasteiger partial charge in [-0.25, -0.2) is 0 Å².